The molecule has 1 saturated heterocycles. The smallest absolute Gasteiger partial charge is 0.252 e. The van der Waals surface area contributed by atoms with Gasteiger partial charge in [0.2, 0.25) is 0 Å². The highest BCUT2D eigenvalue weighted by Crippen LogP contribution is 2.36. The number of piperidine rings is 1. The summed E-state index contributed by atoms with van der Waals surface area (Å²) in [6, 6.07) is 6.97. The Morgan fingerprint density at radius 3 is 2.48 bits per heavy atom. The molecule has 0 aliphatic carbocycles. The molecule has 0 spiro atoms. The second kappa shape index (κ2) is 9.03. The molecule has 1 aromatic carbocycles. The minimum Gasteiger partial charge on any atom is -0.486 e. The normalized spacial score (nSPS) is 18.2. The summed E-state index contributed by atoms with van der Waals surface area (Å²) in [7, 11) is -3.59. The molecule has 5 rings (SSSR count). The predicted octanol–water partition coefficient (Wildman–Crippen LogP) is 3.74. The van der Waals surface area contributed by atoms with E-state index in [1.165, 1.54) is 21.7 Å². The second-order valence-corrected chi connectivity index (χ2v) is 12.7. The Bertz CT molecular complexity index is 1380. The number of halogens is 1. The quantitative estimate of drug-likeness (QED) is 0.515. The van der Waals surface area contributed by atoms with Crippen LogP contribution in [0.2, 0.25) is 4.34 Å². The molecule has 0 atom stereocenters. The van der Waals surface area contributed by atoms with Gasteiger partial charge in [-0.05, 0) is 31.9 Å². The van der Waals surface area contributed by atoms with E-state index in [4.69, 9.17) is 21.1 Å². The number of thiophene rings is 1. The molecule has 4 heterocycles. The van der Waals surface area contributed by atoms with Crippen molar-refractivity contribution in [2.45, 2.75) is 30.5 Å². The Hall–Kier alpha value is -1.92. The zero-order valence-electron chi connectivity index (χ0n) is 17.8. The Morgan fingerprint density at radius 2 is 1.85 bits per heavy atom. The highest BCUT2D eigenvalue weighted by molar-refractivity contribution is 7.91. The number of nitrogens with zero attached hydrogens (tertiary/aromatic N) is 3. The van der Waals surface area contributed by atoms with Crippen LogP contribution in [0.25, 0.3) is 10.2 Å². The number of carbonyl (C=O) groups excluding carboxylic acids is 1. The highest BCUT2D eigenvalue weighted by Gasteiger charge is 2.33. The Morgan fingerprint density at radius 1 is 1.15 bits per heavy atom. The van der Waals surface area contributed by atoms with Gasteiger partial charge in [-0.25, -0.2) is 8.42 Å². The Labute approximate surface area is 204 Å². The Kier molecular flexibility index (Phi) is 6.25. The molecular weight excluding hydrogens is 506 g/mol. The van der Waals surface area contributed by atoms with Crippen LogP contribution in [-0.4, -0.2) is 49.5 Å². The molecule has 0 N–H and O–H groups in total. The van der Waals surface area contributed by atoms with Gasteiger partial charge in [-0.1, -0.05) is 22.9 Å². The van der Waals surface area contributed by atoms with Crippen LogP contribution in [0, 0.1) is 5.92 Å². The van der Waals surface area contributed by atoms with Gasteiger partial charge in [0.1, 0.15) is 17.4 Å². The lowest BCUT2D eigenvalue weighted by Gasteiger charge is -2.29. The van der Waals surface area contributed by atoms with E-state index in [9.17, 15) is 13.2 Å². The molecule has 1 fully saturated rings. The van der Waals surface area contributed by atoms with Crippen LogP contribution in [0.4, 0.5) is 0 Å². The van der Waals surface area contributed by atoms with Crippen molar-refractivity contribution in [1.29, 1.82) is 0 Å². The van der Waals surface area contributed by atoms with Crippen molar-refractivity contribution >= 4 is 60.4 Å². The van der Waals surface area contributed by atoms with Crippen molar-refractivity contribution in [2.24, 2.45) is 10.9 Å². The summed E-state index contributed by atoms with van der Waals surface area (Å²) in [4.78, 5) is 18.1. The number of benzene rings is 1. The SMILES string of the molecule is CCn1c(=NC(=O)C2CCN(S(=O)(=O)c3ccc(Cl)s3)CC2)sc2cc3c(cc21)OCCO3. The number of aromatic nitrogens is 1. The average molecular weight is 528 g/mol. The number of carbonyl (C=O) groups is 1. The van der Waals surface area contributed by atoms with Crippen LogP contribution in [0.5, 0.6) is 11.5 Å². The number of hydrogen-bond acceptors (Lipinski definition) is 7. The summed E-state index contributed by atoms with van der Waals surface area (Å²) in [5, 5.41) is 0. The number of aryl methyl sites for hydroxylation is 1. The van der Waals surface area contributed by atoms with Gasteiger partial charge in [0.15, 0.2) is 16.3 Å². The maximum atomic E-state index is 13.0. The van der Waals surface area contributed by atoms with Crippen LogP contribution in [0.15, 0.2) is 33.5 Å². The number of amides is 1. The van der Waals surface area contributed by atoms with Gasteiger partial charge in [-0.3, -0.25) is 4.79 Å². The number of rotatable bonds is 4. The third kappa shape index (κ3) is 4.32. The lowest BCUT2D eigenvalue weighted by molar-refractivity contribution is -0.122. The first-order valence-corrected chi connectivity index (χ1v) is 14.1. The van der Waals surface area contributed by atoms with Gasteiger partial charge >= 0.3 is 0 Å². The monoisotopic (exact) mass is 527 g/mol. The second-order valence-electron chi connectivity index (χ2n) is 7.78. The van der Waals surface area contributed by atoms with E-state index in [0.717, 1.165) is 21.6 Å². The predicted molar refractivity (Wildman–Crippen MR) is 128 cm³/mol. The number of thiazole rings is 1. The fraction of sp³-hybridized carbons (Fsp3) is 0.429. The van der Waals surface area contributed by atoms with Crippen molar-refractivity contribution in [3.63, 3.8) is 0 Å². The topological polar surface area (TPSA) is 90.2 Å². The van der Waals surface area contributed by atoms with Gasteiger partial charge in [-0.15, -0.1) is 11.3 Å². The Balaban J connectivity index is 1.36. The summed E-state index contributed by atoms with van der Waals surface area (Å²) >= 11 is 8.39. The number of hydrogen-bond donors (Lipinski definition) is 0. The van der Waals surface area contributed by atoms with Crippen molar-refractivity contribution in [2.75, 3.05) is 26.3 Å². The standard InChI is InChI=1S/C21H22ClN3O5S3/c1-2-25-14-11-15-16(30-10-9-29-15)12-17(14)31-21(25)23-20(26)13-5-7-24(8-6-13)33(27,28)19-4-3-18(22)32-19/h3-4,11-13H,2,5-10H2,1H3. The molecule has 33 heavy (non-hydrogen) atoms. The molecule has 2 aliphatic heterocycles. The van der Waals surface area contributed by atoms with Crippen molar-refractivity contribution in [3.8, 4) is 11.5 Å². The molecule has 8 nitrogen and oxygen atoms in total. The minimum absolute atomic E-state index is 0.211. The van der Waals surface area contributed by atoms with Crippen molar-refractivity contribution in [1.82, 2.24) is 8.87 Å². The molecule has 2 aromatic heterocycles. The van der Waals surface area contributed by atoms with Gasteiger partial charge < -0.3 is 14.0 Å². The van der Waals surface area contributed by atoms with Crippen LogP contribution in [-0.2, 0) is 21.4 Å². The van der Waals surface area contributed by atoms with Gasteiger partial charge in [0.05, 0.1) is 14.6 Å². The summed E-state index contributed by atoms with van der Waals surface area (Å²) in [6.45, 7) is 4.26. The van der Waals surface area contributed by atoms with E-state index in [0.29, 0.717) is 53.2 Å². The maximum Gasteiger partial charge on any atom is 0.252 e. The fourth-order valence-corrected chi connectivity index (χ4v) is 8.31. The first-order chi connectivity index (χ1) is 15.9. The number of fused-ring (bicyclic) bond motifs is 2. The van der Waals surface area contributed by atoms with Crippen LogP contribution >= 0.6 is 34.3 Å². The third-order valence-electron chi connectivity index (χ3n) is 5.81. The van der Waals surface area contributed by atoms with Crippen molar-refractivity contribution < 1.29 is 22.7 Å². The van der Waals surface area contributed by atoms with Crippen molar-refractivity contribution in [3.05, 3.63) is 33.4 Å². The van der Waals surface area contributed by atoms with E-state index in [1.54, 1.807) is 6.07 Å². The molecular formula is C21H22ClN3O5S3. The molecule has 3 aromatic rings. The molecule has 0 radical (unpaired) electrons. The van der Waals surface area contributed by atoms with Gasteiger partial charge in [-0.2, -0.15) is 9.30 Å². The number of ether oxygens (including phenoxy) is 2. The molecule has 176 valence electrons. The van der Waals surface area contributed by atoms with Crippen LogP contribution < -0.4 is 14.3 Å². The summed E-state index contributed by atoms with van der Waals surface area (Å²) in [5.41, 5.74) is 0.953. The highest BCUT2D eigenvalue weighted by atomic mass is 35.5. The molecule has 0 bridgehead atoms. The van der Waals surface area contributed by atoms with Gasteiger partial charge in [0, 0.05) is 37.7 Å². The summed E-state index contributed by atoms with van der Waals surface area (Å²) in [5.74, 6) is 0.889. The van der Waals surface area contributed by atoms with E-state index in [2.05, 4.69) is 4.99 Å². The lowest BCUT2D eigenvalue weighted by Crippen LogP contribution is -2.40. The zero-order valence-corrected chi connectivity index (χ0v) is 21.0. The van der Waals surface area contributed by atoms with E-state index in [-0.39, 0.29) is 29.1 Å². The van der Waals surface area contributed by atoms with Crippen LogP contribution in [0.1, 0.15) is 19.8 Å². The molecule has 1 amide bonds. The maximum absolute atomic E-state index is 13.0. The third-order valence-corrected chi connectivity index (χ3v) is 10.5. The van der Waals surface area contributed by atoms with E-state index < -0.39 is 10.0 Å². The molecule has 0 saturated carbocycles. The zero-order chi connectivity index (χ0) is 23.2. The largest absolute Gasteiger partial charge is 0.486 e. The lowest BCUT2D eigenvalue weighted by atomic mass is 9.98. The average Bonchev–Trinajstić information content (AvgIpc) is 3.40. The molecule has 12 heteroatoms. The molecule has 0 unspecified atom stereocenters. The number of sulfonamides is 1. The van der Waals surface area contributed by atoms with E-state index >= 15 is 0 Å². The first-order valence-electron chi connectivity index (χ1n) is 10.6. The first kappa shape index (κ1) is 22.9. The summed E-state index contributed by atoms with van der Waals surface area (Å²) in [6.07, 6.45) is 0.876. The fourth-order valence-electron chi connectivity index (χ4n) is 4.09. The minimum atomic E-state index is -3.59. The van der Waals surface area contributed by atoms with E-state index in [1.807, 2.05) is 23.6 Å². The summed E-state index contributed by atoms with van der Waals surface area (Å²) < 4.78 is 42.0. The molecule has 2 aliphatic rings. The van der Waals surface area contributed by atoms with Crippen LogP contribution in [0.3, 0.4) is 0 Å². The van der Waals surface area contributed by atoms with Gasteiger partial charge in [0.25, 0.3) is 15.9 Å².